The van der Waals surface area contributed by atoms with Crippen LogP contribution in [0.3, 0.4) is 0 Å². The Morgan fingerprint density at radius 2 is 2.26 bits per heavy atom. The smallest absolute Gasteiger partial charge is 0.0893 e. The molecule has 2 aromatic rings. The van der Waals surface area contributed by atoms with Gasteiger partial charge in [0.2, 0.25) is 0 Å². The van der Waals surface area contributed by atoms with E-state index in [4.69, 9.17) is 10.6 Å². The number of hydrazine groups is 1. The predicted molar refractivity (Wildman–Crippen MR) is 73.4 cm³/mol. The molecule has 19 heavy (non-hydrogen) atoms. The van der Waals surface area contributed by atoms with Gasteiger partial charge in [0.15, 0.2) is 0 Å². The van der Waals surface area contributed by atoms with Crippen LogP contribution in [-0.2, 0) is 4.74 Å². The minimum absolute atomic E-state index is 0.0381. The molecule has 0 amide bonds. The molecule has 3 N–H and O–H groups in total. The number of hydrogen-bond acceptors (Lipinski definition) is 5. The number of hydrogen-bond donors (Lipinski definition) is 2. The van der Waals surface area contributed by atoms with E-state index >= 15 is 0 Å². The third-order valence-electron chi connectivity index (χ3n) is 3.52. The van der Waals surface area contributed by atoms with Crippen LogP contribution in [0, 0.1) is 0 Å². The van der Waals surface area contributed by atoms with Crippen molar-refractivity contribution in [2.24, 2.45) is 5.84 Å². The second-order valence-electron chi connectivity index (χ2n) is 5.23. The average Bonchev–Trinajstić information content (AvgIpc) is 2.84. The van der Waals surface area contributed by atoms with Crippen molar-refractivity contribution in [2.45, 2.75) is 38.3 Å². The molecule has 0 aliphatic heterocycles. The third-order valence-corrected chi connectivity index (χ3v) is 3.52. The summed E-state index contributed by atoms with van der Waals surface area (Å²) in [6.45, 7) is 4.14. The number of nitrogens with one attached hydrogen (secondary N) is 1. The Bertz CT molecular complexity index is 537. The molecule has 0 aromatic carbocycles. The minimum atomic E-state index is -0.156. The first-order chi connectivity index (χ1) is 9.07. The molecule has 1 atom stereocenters. The lowest BCUT2D eigenvalue weighted by atomic mass is 9.96. The van der Waals surface area contributed by atoms with Gasteiger partial charge in [0.05, 0.1) is 23.5 Å². The monoisotopic (exact) mass is 263 g/mol. The van der Waals surface area contributed by atoms with Crippen LogP contribution in [0.1, 0.15) is 38.3 Å². The highest BCUT2D eigenvalue weighted by atomic mass is 16.5. The standard InChI is InChI=1S/C13H21N5O/c1-13(2,19-3)5-4-11(17-14)10-8-16-18-7-6-15-9-12(10)18/h6-9,11,17H,4-5,14H2,1-3H3. The lowest BCUT2D eigenvalue weighted by molar-refractivity contribution is 0.0117. The van der Waals surface area contributed by atoms with Gasteiger partial charge < -0.3 is 4.74 Å². The summed E-state index contributed by atoms with van der Waals surface area (Å²) in [5.41, 5.74) is 4.73. The summed E-state index contributed by atoms with van der Waals surface area (Å²) >= 11 is 0. The second-order valence-corrected chi connectivity index (χ2v) is 5.23. The number of nitrogens with two attached hydrogens (primary N) is 1. The minimum Gasteiger partial charge on any atom is -0.379 e. The SMILES string of the molecule is COC(C)(C)CCC(NN)c1cnn2ccncc12. The van der Waals surface area contributed by atoms with E-state index in [2.05, 4.69) is 29.4 Å². The summed E-state index contributed by atoms with van der Waals surface area (Å²) < 4.78 is 7.24. The first-order valence-electron chi connectivity index (χ1n) is 6.36. The van der Waals surface area contributed by atoms with Crippen LogP contribution in [0.4, 0.5) is 0 Å². The zero-order valence-electron chi connectivity index (χ0n) is 11.6. The van der Waals surface area contributed by atoms with E-state index in [1.165, 1.54) is 0 Å². The molecule has 0 radical (unpaired) electrons. The molecule has 0 fully saturated rings. The number of aromatic nitrogens is 3. The first kappa shape index (κ1) is 13.9. The summed E-state index contributed by atoms with van der Waals surface area (Å²) in [6, 6.07) is 0.0381. The number of nitrogens with zero attached hydrogens (tertiary/aromatic N) is 3. The van der Waals surface area contributed by atoms with Crippen molar-refractivity contribution < 1.29 is 4.74 Å². The van der Waals surface area contributed by atoms with E-state index in [9.17, 15) is 0 Å². The molecule has 104 valence electrons. The van der Waals surface area contributed by atoms with E-state index in [0.717, 1.165) is 23.9 Å². The van der Waals surface area contributed by atoms with Gasteiger partial charge in [-0.25, -0.2) is 4.52 Å². The van der Waals surface area contributed by atoms with E-state index in [1.807, 2.05) is 12.4 Å². The largest absolute Gasteiger partial charge is 0.379 e. The Kier molecular flexibility index (Phi) is 4.14. The number of rotatable bonds is 6. The summed E-state index contributed by atoms with van der Waals surface area (Å²) in [5, 5.41) is 4.30. The van der Waals surface area contributed by atoms with Gasteiger partial charge >= 0.3 is 0 Å². The van der Waals surface area contributed by atoms with Crippen molar-refractivity contribution in [1.82, 2.24) is 20.0 Å². The van der Waals surface area contributed by atoms with E-state index in [-0.39, 0.29) is 11.6 Å². The predicted octanol–water partition coefficient (Wildman–Crippen LogP) is 1.44. The molecule has 0 spiro atoms. The molecule has 6 nitrogen and oxygen atoms in total. The molecule has 0 saturated heterocycles. The van der Waals surface area contributed by atoms with E-state index in [1.54, 1.807) is 24.0 Å². The lowest BCUT2D eigenvalue weighted by Crippen LogP contribution is -2.31. The van der Waals surface area contributed by atoms with Crippen molar-refractivity contribution in [3.63, 3.8) is 0 Å². The van der Waals surface area contributed by atoms with Gasteiger partial charge in [0, 0.05) is 31.1 Å². The Balaban J connectivity index is 2.18. The van der Waals surface area contributed by atoms with Gasteiger partial charge in [0.25, 0.3) is 0 Å². The van der Waals surface area contributed by atoms with Gasteiger partial charge in [-0.2, -0.15) is 5.10 Å². The zero-order valence-corrected chi connectivity index (χ0v) is 11.6. The Morgan fingerprint density at radius 3 is 2.95 bits per heavy atom. The van der Waals surface area contributed by atoms with Crippen molar-refractivity contribution >= 4 is 5.52 Å². The molecule has 2 heterocycles. The van der Waals surface area contributed by atoms with Crippen LogP contribution in [0.25, 0.3) is 5.52 Å². The highest BCUT2D eigenvalue weighted by Crippen LogP contribution is 2.26. The van der Waals surface area contributed by atoms with Crippen molar-refractivity contribution in [3.8, 4) is 0 Å². The van der Waals surface area contributed by atoms with Gasteiger partial charge in [-0.3, -0.25) is 16.3 Å². The molecule has 1 unspecified atom stereocenters. The Hall–Kier alpha value is -1.50. The third kappa shape index (κ3) is 3.09. The zero-order chi connectivity index (χ0) is 13.9. The fourth-order valence-corrected chi connectivity index (χ4v) is 2.04. The topological polar surface area (TPSA) is 77.5 Å². The molecule has 0 bridgehead atoms. The first-order valence-corrected chi connectivity index (χ1v) is 6.36. The van der Waals surface area contributed by atoms with Crippen molar-refractivity contribution in [2.75, 3.05) is 7.11 Å². The Labute approximate surface area is 112 Å². The highest BCUT2D eigenvalue weighted by molar-refractivity contribution is 5.53. The fourth-order valence-electron chi connectivity index (χ4n) is 2.04. The van der Waals surface area contributed by atoms with Crippen molar-refractivity contribution in [1.29, 1.82) is 0 Å². The maximum atomic E-state index is 5.68. The highest BCUT2D eigenvalue weighted by Gasteiger charge is 2.21. The lowest BCUT2D eigenvalue weighted by Gasteiger charge is -2.25. The molecule has 6 heteroatoms. The number of ether oxygens (including phenoxy) is 1. The molecule has 2 rings (SSSR count). The van der Waals surface area contributed by atoms with Crippen LogP contribution in [0.15, 0.2) is 24.8 Å². The van der Waals surface area contributed by atoms with Gasteiger partial charge in [-0.15, -0.1) is 0 Å². The van der Waals surface area contributed by atoms with Gasteiger partial charge in [-0.05, 0) is 26.7 Å². The van der Waals surface area contributed by atoms with E-state index in [0.29, 0.717) is 0 Å². The van der Waals surface area contributed by atoms with Gasteiger partial charge in [0.1, 0.15) is 0 Å². The number of methoxy groups -OCH3 is 1. The molecule has 2 aromatic heterocycles. The summed E-state index contributed by atoms with van der Waals surface area (Å²) in [5.74, 6) is 5.68. The van der Waals surface area contributed by atoms with Crippen LogP contribution >= 0.6 is 0 Å². The summed E-state index contributed by atoms with van der Waals surface area (Å²) in [6.07, 6.45) is 8.94. The van der Waals surface area contributed by atoms with Crippen LogP contribution in [0.5, 0.6) is 0 Å². The quantitative estimate of drug-likeness (QED) is 0.609. The molecule has 0 aliphatic carbocycles. The maximum absolute atomic E-state index is 5.68. The van der Waals surface area contributed by atoms with Crippen LogP contribution < -0.4 is 11.3 Å². The van der Waals surface area contributed by atoms with Crippen LogP contribution in [-0.4, -0.2) is 27.3 Å². The summed E-state index contributed by atoms with van der Waals surface area (Å²) in [7, 11) is 1.73. The van der Waals surface area contributed by atoms with Gasteiger partial charge in [-0.1, -0.05) is 0 Å². The molecular formula is C13H21N5O. The maximum Gasteiger partial charge on any atom is 0.0893 e. The number of fused-ring (bicyclic) bond motifs is 1. The van der Waals surface area contributed by atoms with E-state index < -0.39 is 0 Å². The Morgan fingerprint density at radius 1 is 1.47 bits per heavy atom. The molecule has 0 aliphatic rings. The average molecular weight is 263 g/mol. The molecule has 0 saturated carbocycles. The normalized spacial score (nSPS) is 13.9. The fraction of sp³-hybridized carbons (Fsp3) is 0.538. The van der Waals surface area contributed by atoms with Crippen LogP contribution in [0.2, 0.25) is 0 Å². The molecular weight excluding hydrogens is 242 g/mol. The summed E-state index contributed by atoms with van der Waals surface area (Å²) in [4.78, 5) is 4.13. The second kappa shape index (κ2) is 5.64. The van der Waals surface area contributed by atoms with Crippen molar-refractivity contribution in [3.05, 3.63) is 30.4 Å².